The van der Waals surface area contributed by atoms with Crippen molar-refractivity contribution in [2.45, 2.75) is 31.5 Å². The first-order valence-corrected chi connectivity index (χ1v) is 14.4. The van der Waals surface area contributed by atoms with Crippen molar-refractivity contribution in [1.82, 2.24) is 19.5 Å². The van der Waals surface area contributed by atoms with Gasteiger partial charge in [-0.25, -0.2) is 24.2 Å². The molecule has 3 heterocycles. The van der Waals surface area contributed by atoms with Gasteiger partial charge in [0.15, 0.2) is 24.1 Å². The Morgan fingerprint density at radius 3 is 1.89 bits per heavy atom. The number of aromatic amines is 1. The molecule has 5 aromatic rings. The summed E-state index contributed by atoms with van der Waals surface area (Å²) in [6.07, 6.45) is -3.83. The summed E-state index contributed by atoms with van der Waals surface area (Å²) in [7, 11) is 0. The van der Waals surface area contributed by atoms with Crippen molar-refractivity contribution in [2.24, 2.45) is 0 Å². The van der Waals surface area contributed by atoms with Crippen molar-refractivity contribution < 1.29 is 38.1 Å². The number of fused-ring (bicyclic) bond motifs is 1. The first-order chi connectivity index (χ1) is 22.8. The Balaban J connectivity index is 1.42. The van der Waals surface area contributed by atoms with Crippen molar-refractivity contribution in [2.75, 3.05) is 11.9 Å². The largest absolute Gasteiger partial charge is 0.459 e. The molecule has 47 heavy (non-hydrogen) atoms. The lowest BCUT2D eigenvalue weighted by Gasteiger charge is -2.25. The Morgan fingerprint density at radius 2 is 1.34 bits per heavy atom. The van der Waals surface area contributed by atoms with Gasteiger partial charge in [-0.3, -0.25) is 14.3 Å². The SMILES string of the molecule is CC(=O)Nc1[nH]c(=O)nc2ncn([C@@H]3O[C@H](COC(=O)c4ccccc4)[C@@H](OC(=O)c4ccccc4)[C@H]3OC(=O)c3ccccc3)c12. The van der Waals surface area contributed by atoms with E-state index in [-0.39, 0.29) is 33.7 Å². The molecule has 1 fully saturated rings. The van der Waals surface area contributed by atoms with E-state index in [4.69, 9.17) is 18.9 Å². The molecule has 0 radical (unpaired) electrons. The maximum atomic E-state index is 13.5. The zero-order valence-electron chi connectivity index (χ0n) is 24.8. The highest BCUT2D eigenvalue weighted by molar-refractivity contribution is 5.96. The van der Waals surface area contributed by atoms with Gasteiger partial charge < -0.3 is 24.3 Å². The van der Waals surface area contributed by atoms with Crippen molar-refractivity contribution in [3.8, 4) is 0 Å². The zero-order valence-corrected chi connectivity index (χ0v) is 24.8. The Bertz CT molecular complexity index is 1980. The quantitative estimate of drug-likeness (QED) is 0.179. The zero-order chi connectivity index (χ0) is 32.9. The van der Waals surface area contributed by atoms with Crippen LogP contribution in [-0.2, 0) is 23.7 Å². The maximum Gasteiger partial charge on any atom is 0.348 e. The second kappa shape index (κ2) is 13.5. The molecule has 0 bridgehead atoms. The Kier molecular flexibility index (Phi) is 8.84. The van der Waals surface area contributed by atoms with Gasteiger partial charge >= 0.3 is 23.6 Å². The summed E-state index contributed by atoms with van der Waals surface area (Å²) in [5, 5.41) is 2.54. The van der Waals surface area contributed by atoms with Crippen LogP contribution < -0.4 is 11.0 Å². The first kappa shape index (κ1) is 30.9. The normalized spacial score (nSPS) is 18.7. The molecule has 1 aliphatic heterocycles. The number of hydrogen-bond donors (Lipinski definition) is 2. The molecule has 6 rings (SSSR count). The highest BCUT2D eigenvalue weighted by Crippen LogP contribution is 2.37. The number of anilines is 1. The molecule has 0 spiro atoms. The summed E-state index contributed by atoms with van der Waals surface area (Å²) in [6.45, 7) is 0.842. The number of imidazole rings is 1. The van der Waals surface area contributed by atoms with E-state index in [9.17, 15) is 24.0 Å². The van der Waals surface area contributed by atoms with Crippen LogP contribution in [0.4, 0.5) is 5.82 Å². The molecule has 4 atom stereocenters. The van der Waals surface area contributed by atoms with Gasteiger partial charge in [0, 0.05) is 6.92 Å². The van der Waals surface area contributed by atoms with Crippen LogP contribution in [-0.4, -0.2) is 68.3 Å². The van der Waals surface area contributed by atoms with Crippen LogP contribution >= 0.6 is 0 Å². The van der Waals surface area contributed by atoms with E-state index in [1.807, 2.05) is 0 Å². The monoisotopic (exact) mass is 637 g/mol. The van der Waals surface area contributed by atoms with E-state index >= 15 is 0 Å². The number of hydrogen-bond acceptors (Lipinski definition) is 11. The summed E-state index contributed by atoms with van der Waals surface area (Å²) in [5.41, 5.74) is 0.00565. The standard InChI is InChI=1S/C33H27N5O9/c1-19(39)35-28-24-27(36-33(43)37-28)34-18-38(24)29-26(47-32(42)22-15-9-4-10-16-22)25(46-31(41)21-13-7-3-8-14-21)23(45-29)17-44-30(40)20-11-5-2-6-12-20/h2-16,18,23,25-26,29H,17H2,1H3,(H2,35,36,37,39,43)/t23-,25-,26-,29-/m1/s1. The molecule has 1 amide bonds. The fourth-order valence-corrected chi connectivity index (χ4v) is 5.10. The Morgan fingerprint density at radius 1 is 0.809 bits per heavy atom. The van der Waals surface area contributed by atoms with Gasteiger partial charge in [-0.2, -0.15) is 4.98 Å². The molecule has 0 unspecified atom stereocenters. The highest BCUT2D eigenvalue weighted by Gasteiger charge is 2.52. The topological polar surface area (TPSA) is 181 Å². The van der Waals surface area contributed by atoms with Crippen LogP contribution in [0.15, 0.2) is 102 Å². The number of ether oxygens (including phenoxy) is 4. The lowest BCUT2D eigenvalue weighted by molar-refractivity contribution is -0.114. The molecule has 2 aromatic heterocycles. The molecule has 0 aliphatic carbocycles. The van der Waals surface area contributed by atoms with Crippen molar-refractivity contribution >= 4 is 40.8 Å². The fourth-order valence-electron chi connectivity index (χ4n) is 5.10. The summed E-state index contributed by atoms with van der Waals surface area (Å²) >= 11 is 0. The molecular formula is C33H27N5O9. The summed E-state index contributed by atoms with van der Waals surface area (Å²) in [6, 6.07) is 24.6. The fraction of sp³-hybridized carbons (Fsp3) is 0.182. The van der Waals surface area contributed by atoms with E-state index < -0.39 is 60.7 Å². The van der Waals surface area contributed by atoms with Gasteiger partial charge in [0.1, 0.15) is 30.4 Å². The molecule has 3 aromatic carbocycles. The van der Waals surface area contributed by atoms with Crippen LogP contribution in [0.3, 0.4) is 0 Å². The second-order valence-electron chi connectivity index (χ2n) is 10.4. The number of nitrogens with one attached hydrogen (secondary N) is 2. The van der Waals surface area contributed by atoms with Gasteiger partial charge in [-0.15, -0.1) is 0 Å². The van der Waals surface area contributed by atoms with E-state index in [0.29, 0.717) is 0 Å². The number of carbonyl (C=O) groups is 4. The number of esters is 3. The number of nitrogens with zero attached hydrogens (tertiary/aromatic N) is 3. The predicted octanol–water partition coefficient (Wildman–Crippen LogP) is 3.28. The van der Waals surface area contributed by atoms with E-state index in [1.165, 1.54) is 17.8 Å². The smallest absolute Gasteiger partial charge is 0.348 e. The molecule has 14 heteroatoms. The number of H-pyrrole nitrogens is 1. The van der Waals surface area contributed by atoms with E-state index in [2.05, 4.69) is 20.3 Å². The number of aromatic nitrogens is 4. The van der Waals surface area contributed by atoms with Gasteiger partial charge in [-0.05, 0) is 36.4 Å². The van der Waals surface area contributed by atoms with Crippen molar-refractivity contribution in [1.29, 1.82) is 0 Å². The lowest BCUT2D eigenvalue weighted by atomic mass is 10.1. The molecule has 14 nitrogen and oxygen atoms in total. The van der Waals surface area contributed by atoms with Crippen LogP contribution in [0, 0.1) is 0 Å². The van der Waals surface area contributed by atoms with Gasteiger partial charge in [0.2, 0.25) is 5.91 Å². The average Bonchev–Trinajstić information content (AvgIpc) is 3.65. The number of carbonyl (C=O) groups excluding carboxylic acids is 4. The summed E-state index contributed by atoms with van der Waals surface area (Å²) < 4.78 is 25.2. The lowest BCUT2D eigenvalue weighted by Crippen LogP contribution is -2.41. The van der Waals surface area contributed by atoms with Crippen molar-refractivity contribution in [3.63, 3.8) is 0 Å². The first-order valence-electron chi connectivity index (χ1n) is 14.4. The molecule has 1 aliphatic rings. The third kappa shape index (κ3) is 6.77. The third-order valence-corrected chi connectivity index (χ3v) is 7.20. The Hall–Kier alpha value is -6.15. The minimum atomic E-state index is -1.36. The van der Waals surface area contributed by atoms with Crippen molar-refractivity contribution in [3.05, 3.63) is 124 Å². The van der Waals surface area contributed by atoms with Crippen LogP contribution in [0.25, 0.3) is 11.2 Å². The van der Waals surface area contributed by atoms with Gasteiger partial charge in [0.05, 0.1) is 16.7 Å². The predicted molar refractivity (Wildman–Crippen MR) is 164 cm³/mol. The minimum absolute atomic E-state index is 0.0430. The summed E-state index contributed by atoms with van der Waals surface area (Å²) in [5.74, 6) is -2.71. The average molecular weight is 638 g/mol. The highest BCUT2D eigenvalue weighted by atomic mass is 16.7. The number of rotatable bonds is 9. The molecule has 1 saturated heterocycles. The van der Waals surface area contributed by atoms with E-state index in [0.717, 1.165) is 0 Å². The molecule has 0 saturated carbocycles. The van der Waals surface area contributed by atoms with Crippen LogP contribution in [0.1, 0.15) is 44.2 Å². The second-order valence-corrected chi connectivity index (χ2v) is 10.4. The van der Waals surface area contributed by atoms with Gasteiger partial charge in [0.25, 0.3) is 0 Å². The molecule has 2 N–H and O–H groups in total. The third-order valence-electron chi connectivity index (χ3n) is 7.20. The number of amides is 1. The van der Waals surface area contributed by atoms with Crippen LogP contribution in [0.5, 0.6) is 0 Å². The molecule has 238 valence electrons. The maximum absolute atomic E-state index is 13.5. The van der Waals surface area contributed by atoms with E-state index in [1.54, 1.807) is 91.0 Å². The van der Waals surface area contributed by atoms with Gasteiger partial charge in [-0.1, -0.05) is 54.6 Å². The minimum Gasteiger partial charge on any atom is -0.459 e. The molecular weight excluding hydrogens is 610 g/mol. The Labute approximate surface area is 266 Å². The van der Waals surface area contributed by atoms with Crippen LogP contribution in [0.2, 0.25) is 0 Å². The number of benzene rings is 3. The summed E-state index contributed by atoms with van der Waals surface area (Å²) in [4.78, 5) is 74.5.